The van der Waals surface area contributed by atoms with Gasteiger partial charge in [-0.15, -0.1) is 0 Å². The average molecular weight is 296 g/mol. The maximum Gasteiger partial charge on any atom is 0.186 e. The minimum Gasteiger partial charge on any atom is -0.374 e. The number of halogens is 1. The normalized spacial score (nSPS) is 20.0. The van der Waals surface area contributed by atoms with E-state index < -0.39 is 0 Å². The van der Waals surface area contributed by atoms with Gasteiger partial charge >= 0.3 is 0 Å². The van der Waals surface area contributed by atoms with E-state index in [1.807, 2.05) is 6.92 Å². The summed E-state index contributed by atoms with van der Waals surface area (Å²) in [6.07, 6.45) is 2.03. The number of ether oxygens (including phenoxy) is 1. The Morgan fingerprint density at radius 1 is 1.48 bits per heavy atom. The predicted octanol–water partition coefficient (Wildman–Crippen LogP) is 1.95. The highest BCUT2D eigenvalue weighted by Gasteiger charge is 2.21. The van der Waals surface area contributed by atoms with Crippen LogP contribution < -0.4 is 5.32 Å². The molecule has 1 unspecified atom stereocenters. The molecule has 2 heterocycles. The van der Waals surface area contributed by atoms with Crippen LogP contribution in [0.15, 0.2) is 6.33 Å². The van der Waals surface area contributed by atoms with Crippen LogP contribution in [0.1, 0.15) is 26.5 Å². The maximum atomic E-state index is 14.0. The van der Waals surface area contributed by atoms with Crippen molar-refractivity contribution in [1.82, 2.24) is 14.9 Å². The van der Waals surface area contributed by atoms with Crippen molar-refractivity contribution in [3.63, 3.8) is 0 Å². The van der Waals surface area contributed by atoms with Crippen LogP contribution in [0.4, 0.5) is 10.2 Å². The van der Waals surface area contributed by atoms with E-state index in [2.05, 4.69) is 34.0 Å². The molecule has 0 aliphatic carbocycles. The van der Waals surface area contributed by atoms with Gasteiger partial charge in [0.05, 0.1) is 18.4 Å². The van der Waals surface area contributed by atoms with Crippen molar-refractivity contribution < 1.29 is 9.13 Å². The van der Waals surface area contributed by atoms with Gasteiger partial charge in [-0.25, -0.2) is 14.4 Å². The molecule has 0 bridgehead atoms. The van der Waals surface area contributed by atoms with Gasteiger partial charge < -0.3 is 10.1 Å². The summed E-state index contributed by atoms with van der Waals surface area (Å²) in [6, 6.07) is 0. The Labute approximate surface area is 125 Å². The third-order valence-electron chi connectivity index (χ3n) is 3.54. The maximum absolute atomic E-state index is 14.0. The highest BCUT2D eigenvalue weighted by Crippen LogP contribution is 2.14. The molecule has 1 aliphatic rings. The summed E-state index contributed by atoms with van der Waals surface area (Å²) in [5.41, 5.74) is 0.443. The largest absolute Gasteiger partial charge is 0.374 e. The molecule has 2 rings (SSSR count). The van der Waals surface area contributed by atoms with Crippen molar-refractivity contribution in [1.29, 1.82) is 0 Å². The van der Waals surface area contributed by atoms with Crippen LogP contribution in [0.25, 0.3) is 0 Å². The van der Waals surface area contributed by atoms with E-state index in [9.17, 15) is 4.39 Å². The number of aromatic nitrogens is 2. The summed E-state index contributed by atoms with van der Waals surface area (Å²) in [6.45, 7) is 10.5. The van der Waals surface area contributed by atoms with Crippen LogP contribution in [-0.4, -0.2) is 53.8 Å². The summed E-state index contributed by atoms with van der Waals surface area (Å²) >= 11 is 0. The fraction of sp³-hybridized carbons (Fsp3) is 0.733. The predicted molar refractivity (Wildman–Crippen MR) is 80.9 cm³/mol. The number of anilines is 1. The Morgan fingerprint density at radius 2 is 2.29 bits per heavy atom. The van der Waals surface area contributed by atoms with Crippen LogP contribution in [0.5, 0.6) is 0 Å². The SMILES string of the molecule is CCc1ncnc(NCC2CN(CC(C)C)CCO2)c1F. The summed E-state index contributed by atoms with van der Waals surface area (Å²) < 4.78 is 19.8. The van der Waals surface area contributed by atoms with Crippen molar-refractivity contribution in [2.75, 3.05) is 38.1 Å². The Balaban J connectivity index is 1.88. The van der Waals surface area contributed by atoms with Gasteiger partial charge in [0, 0.05) is 26.2 Å². The second-order valence-corrected chi connectivity index (χ2v) is 5.86. The number of hydrogen-bond donors (Lipinski definition) is 1. The fourth-order valence-corrected chi connectivity index (χ4v) is 2.57. The summed E-state index contributed by atoms with van der Waals surface area (Å²) in [7, 11) is 0. The zero-order valence-electron chi connectivity index (χ0n) is 13.1. The molecule has 1 aromatic heterocycles. The molecule has 0 aromatic carbocycles. The standard InChI is InChI=1S/C15H25FN4O/c1-4-13-14(16)15(19-10-18-13)17-7-12-9-20(5-6-21-12)8-11(2)3/h10-12H,4-9H2,1-3H3,(H,17,18,19). The third kappa shape index (κ3) is 4.61. The lowest BCUT2D eigenvalue weighted by Crippen LogP contribution is -2.46. The molecule has 1 atom stereocenters. The topological polar surface area (TPSA) is 50.3 Å². The molecule has 1 aliphatic heterocycles. The van der Waals surface area contributed by atoms with E-state index in [1.54, 1.807) is 0 Å². The van der Waals surface area contributed by atoms with Crippen molar-refractivity contribution >= 4 is 5.82 Å². The average Bonchev–Trinajstić information content (AvgIpc) is 2.46. The lowest BCUT2D eigenvalue weighted by atomic mass is 10.2. The molecule has 0 amide bonds. The van der Waals surface area contributed by atoms with Gasteiger partial charge in [-0.05, 0) is 12.3 Å². The number of morpholine rings is 1. The van der Waals surface area contributed by atoms with Crippen LogP contribution in [0.2, 0.25) is 0 Å². The summed E-state index contributed by atoms with van der Waals surface area (Å²) in [4.78, 5) is 10.3. The molecule has 0 radical (unpaired) electrons. The molecule has 0 spiro atoms. The van der Waals surface area contributed by atoms with Crippen molar-refractivity contribution in [3.05, 3.63) is 17.8 Å². The Kier molecular flexibility index (Phi) is 5.87. The van der Waals surface area contributed by atoms with Gasteiger partial charge in [0.25, 0.3) is 0 Å². The molecule has 118 valence electrons. The second kappa shape index (κ2) is 7.66. The number of hydrogen-bond acceptors (Lipinski definition) is 5. The fourth-order valence-electron chi connectivity index (χ4n) is 2.57. The summed E-state index contributed by atoms with van der Waals surface area (Å²) in [5.74, 6) is 0.560. The summed E-state index contributed by atoms with van der Waals surface area (Å²) in [5, 5.41) is 3.05. The lowest BCUT2D eigenvalue weighted by molar-refractivity contribution is -0.0244. The lowest BCUT2D eigenvalue weighted by Gasteiger charge is -2.34. The first-order valence-corrected chi connectivity index (χ1v) is 7.67. The minimum absolute atomic E-state index is 0.0666. The number of aryl methyl sites for hydroxylation is 1. The van der Waals surface area contributed by atoms with E-state index in [0.29, 0.717) is 24.6 Å². The molecule has 0 saturated carbocycles. The molecule has 21 heavy (non-hydrogen) atoms. The molecule has 1 N–H and O–H groups in total. The monoisotopic (exact) mass is 296 g/mol. The van der Waals surface area contributed by atoms with Crippen molar-refractivity contribution in [3.8, 4) is 0 Å². The molecule has 1 aromatic rings. The molecule has 1 fully saturated rings. The number of nitrogens with one attached hydrogen (secondary N) is 1. The van der Waals surface area contributed by atoms with Crippen LogP contribution in [0, 0.1) is 11.7 Å². The van der Waals surface area contributed by atoms with Crippen molar-refractivity contribution in [2.24, 2.45) is 5.92 Å². The minimum atomic E-state index is -0.352. The van der Waals surface area contributed by atoms with Gasteiger partial charge in [-0.2, -0.15) is 0 Å². The number of rotatable bonds is 6. The van der Waals surface area contributed by atoms with Crippen LogP contribution in [-0.2, 0) is 11.2 Å². The molecular weight excluding hydrogens is 271 g/mol. The van der Waals surface area contributed by atoms with Gasteiger partial charge in [0.1, 0.15) is 6.33 Å². The number of nitrogens with zero attached hydrogens (tertiary/aromatic N) is 3. The van der Waals surface area contributed by atoms with E-state index >= 15 is 0 Å². The van der Waals surface area contributed by atoms with E-state index in [1.165, 1.54) is 6.33 Å². The van der Waals surface area contributed by atoms with E-state index in [0.717, 1.165) is 26.2 Å². The van der Waals surface area contributed by atoms with Gasteiger partial charge in [-0.3, -0.25) is 4.90 Å². The van der Waals surface area contributed by atoms with Crippen molar-refractivity contribution in [2.45, 2.75) is 33.3 Å². The van der Waals surface area contributed by atoms with Crippen LogP contribution >= 0.6 is 0 Å². The Morgan fingerprint density at radius 3 is 3.00 bits per heavy atom. The quantitative estimate of drug-likeness (QED) is 0.869. The first-order chi connectivity index (χ1) is 10.1. The molecule has 1 saturated heterocycles. The van der Waals surface area contributed by atoms with Gasteiger partial charge in [-0.1, -0.05) is 20.8 Å². The molecular formula is C15H25FN4O. The van der Waals surface area contributed by atoms with E-state index in [-0.39, 0.29) is 17.7 Å². The second-order valence-electron chi connectivity index (χ2n) is 5.86. The zero-order chi connectivity index (χ0) is 15.2. The first kappa shape index (κ1) is 16.1. The first-order valence-electron chi connectivity index (χ1n) is 7.67. The Bertz CT molecular complexity index is 455. The van der Waals surface area contributed by atoms with Gasteiger partial charge in [0.15, 0.2) is 11.6 Å². The van der Waals surface area contributed by atoms with Crippen LogP contribution in [0.3, 0.4) is 0 Å². The zero-order valence-corrected chi connectivity index (χ0v) is 13.1. The highest BCUT2D eigenvalue weighted by atomic mass is 19.1. The molecule has 6 heteroatoms. The smallest absolute Gasteiger partial charge is 0.186 e. The molecule has 5 nitrogen and oxygen atoms in total. The van der Waals surface area contributed by atoms with Gasteiger partial charge in [0.2, 0.25) is 0 Å². The Hall–Kier alpha value is -1.27. The third-order valence-corrected chi connectivity index (χ3v) is 3.54. The highest BCUT2D eigenvalue weighted by molar-refractivity contribution is 5.37. The van der Waals surface area contributed by atoms with E-state index in [4.69, 9.17) is 4.74 Å².